The van der Waals surface area contributed by atoms with Crippen molar-refractivity contribution in [1.29, 1.82) is 0 Å². The van der Waals surface area contributed by atoms with Crippen LogP contribution in [0.3, 0.4) is 0 Å². The molecule has 2 aromatic rings. The van der Waals surface area contributed by atoms with Gasteiger partial charge in [0.05, 0.1) is 4.91 Å². The molecule has 5 nitrogen and oxygen atoms in total. The number of carbonyl (C=O) groups excluding carboxylic acids is 2. The third-order valence-electron chi connectivity index (χ3n) is 4.62. The van der Waals surface area contributed by atoms with E-state index in [0.717, 1.165) is 17.3 Å². The number of hydrogen-bond donors (Lipinski definition) is 1. The van der Waals surface area contributed by atoms with Gasteiger partial charge in [-0.25, -0.2) is 0 Å². The van der Waals surface area contributed by atoms with Gasteiger partial charge in [-0.1, -0.05) is 59.8 Å². The monoisotopic (exact) mass is 496 g/mol. The summed E-state index contributed by atoms with van der Waals surface area (Å²) in [6, 6.07) is 11.5. The number of anilines is 1. The van der Waals surface area contributed by atoms with Crippen LogP contribution < -0.4 is 10.1 Å². The normalized spacial score (nSPS) is 15.0. The van der Waals surface area contributed by atoms with Gasteiger partial charge in [0.2, 0.25) is 5.91 Å². The minimum Gasteiger partial charge on any atom is -0.434 e. The van der Waals surface area contributed by atoms with E-state index in [4.69, 9.17) is 23.8 Å². The van der Waals surface area contributed by atoms with Crippen LogP contribution in [0.5, 0.6) is 5.75 Å². The largest absolute Gasteiger partial charge is 0.434 e. The molecule has 0 saturated carbocycles. The summed E-state index contributed by atoms with van der Waals surface area (Å²) in [6.45, 7) is -0.894. The first kappa shape index (κ1) is 24.2. The van der Waals surface area contributed by atoms with Crippen LogP contribution in [0.25, 0.3) is 6.08 Å². The Hall–Kier alpha value is -2.49. The molecule has 0 radical (unpaired) electrons. The highest BCUT2D eigenvalue weighted by Crippen LogP contribution is 2.34. The second-order valence-electron chi connectivity index (χ2n) is 6.81. The maximum atomic E-state index is 12.7. The number of rotatable bonds is 8. The number of amides is 2. The van der Waals surface area contributed by atoms with Crippen molar-refractivity contribution in [2.45, 2.75) is 26.4 Å². The van der Waals surface area contributed by atoms with Crippen LogP contribution in [-0.2, 0) is 9.59 Å². The number of thiocarbonyl (C=S) groups is 1. The molecular weight excluding hydrogens is 478 g/mol. The molecule has 3 rings (SSSR count). The molecule has 0 unspecified atom stereocenters. The predicted octanol–water partition coefficient (Wildman–Crippen LogP) is 5.87. The maximum Gasteiger partial charge on any atom is 0.387 e. The Bertz CT molecular complexity index is 1080. The number of carbonyl (C=O) groups is 2. The molecular formula is C22H19ClF2N2O3S2. The van der Waals surface area contributed by atoms with E-state index in [1.54, 1.807) is 36.4 Å². The van der Waals surface area contributed by atoms with E-state index in [-0.39, 0.29) is 30.5 Å². The van der Waals surface area contributed by atoms with Crippen LogP contribution >= 0.6 is 35.6 Å². The topological polar surface area (TPSA) is 58.6 Å². The molecule has 0 atom stereocenters. The van der Waals surface area contributed by atoms with Gasteiger partial charge in [0.1, 0.15) is 10.1 Å². The number of nitrogens with zero attached hydrogens (tertiary/aromatic N) is 1. The molecule has 2 amide bonds. The Balaban J connectivity index is 1.59. The number of alkyl halides is 2. The van der Waals surface area contributed by atoms with Crippen LogP contribution in [0.2, 0.25) is 5.02 Å². The van der Waals surface area contributed by atoms with Gasteiger partial charge < -0.3 is 10.1 Å². The van der Waals surface area contributed by atoms with Crippen LogP contribution in [0, 0.1) is 6.92 Å². The molecule has 168 valence electrons. The smallest absolute Gasteiger partial charge is 0.387 e. The zero-order valence-electron chi connectivity index (χ0n) is 16.9. The Morgan fingerprint density at radius 3 is 2.78 bits per heavy atom. The SMILES string of the molecule is Cc1c(Cl)cccc1NC(=O)CCCN1C(=O)/C(=C\c2ccccc2OC(F)F)SC1=S. The lowest BCUT2D eigenvalue weighted by molar-refractivity contribution is -0.122. The van der Waals surface area contributed by atoms with Crippen molar-refractivity contribution in [3.05, 3.63) is 63.5 Å². The summed E-state index contributed by atoms with van der Waals surface area (Å²) in [4.78, 5) is 26.7. The second-order valence-corrected chi connectivity index (χ2v) is 8.90. The van der Waals surface area contributed by atoms with E-state index >= 15 is 0 Å². The molecule has 0 spiro atoms. The lowest BCUT2D eigenvalue weighted by Crippen LogP contribution is -2.29. The molecule has 1 N–H and O–H groups in total. The zero-order chi connectivity index (χ0) is 23.3. The lowest BCUT2D eigenvalue weighted by atomic mass is 10.2. The fourth-order valence-corrected chi connectivity index (χ4v) is 4.46. The summed E-state index contributed by atoms with van der Waals surface area (Å²) in [5.74, 6) is -0.562. The van der Waals surface area contributed by atoms with E-state index in [1.807, 2.05) is 6.92 Å². The molecule has 1 aliphatic rings. The third kappa shape index (κ3) is 6.05. The van der Waals surface area contributed by atoms with Crippen molar-refractivity contribution in [3.63, 3.8) is 0 Å². The van der Waals surface area contributed by atoms with E-state index in [0.29, 0.717) is 31.9 Å². The average Bonchev–Trinajstić information content (AvgIpc) is 3.00. The fourth-order valence-electron chi connectivity index (χ4n) is 2.99. The van der Waals surface area contributed by atoms with Gasteiger partial charge in [-0.2, -0.15) is 8.78 Å². The predicted molar refractivity (Wildman–Crippen MR) is 127 cm³/mol. The molecule has 1 fully saturated rings. The fraction of sp³-hybridized carbons (Fsp3) is 0.227. The Morgan fingerprint density at radius 1 is 1.28 bits per heavy atom. The van der Waals surface area contributed by atoms with Crippen molar-refractivity contribution < 1.29 is 23.1 Å². The van der Waals surface area contributed by atoms with Crippen molar-refractivity contribution in [3.8, 4) is 5.75 Å². The number of hydrogen-bond acceptors (Lipinski definition) is 5. The summed E-state index contributed by atoms with van der Waals surface area (Å²) in [6.07, 6.45) is 2.06. The molecule has 10 heteroatoms. The quantitative estimate of drug-likeness (QED) is 0.366. The van der Waals surface area contributed by atoms with Gasteiger partial charge in [0.25, 0.3) is 5.91 Å². The summed E-state index contributed by atoms with van der Waals surface area (Å²) in [5.41, 5.74) is 1.77. The van der Waals surface area contributed by atoms with Gasteiger partial charge in [-0.15, -0.1) is 0 Å². The molecule has 0 aliphatic carbocycles. The number of nitrogens with one attached hydrogen (secondary N) is 1. The van der Waals surface area contributed by atoms with E-state index in [9.17, 15) is 18.4 Å². The summed E-state index contributed by atoms with van der Waals surface area (Å²) >= 11 is 12.4. The first-order chi connectivity index (χ1) is 15.3. The molecule has 32 heavy (non-hydrogen) atoms. The van der Waals surface area contributed by atoms with Gasteiger partial charge in [-0.3, -0.25) is 14.5 Å². The highest BCUT2D eigenvalue weighted by Gasteiger charge is 2.32. The van der Waals surface area contributed by atoms with Gasteiger partial charge in [0, 0.05) is 29.2 Å². The van der Waals surface area contributed by atoms with Gasteiger partial charge in [0.15, 0.2) is 0 Å². The minimum atomic E-state index is -2.97. The number of para-hydroxylation sites is 1. The lowest BCUT2D eigenvalue weighted by Gasteiger charge is -2.14. The van der Waals surface area contributed by atoms with Gasteiger partial charge in [-0.05, 0) is 43.2 Å². The van der Waals surface area contributed by atoms with Gasteiger partial charge >= 0.3 is 6.61 Å². The van der Waals surface area contributed by atoms with Crippen LogP contribution in [0.1, 0.15) is 24.0 Å². The summed E-state index contributed by atoms with van der Waals surface area (Å²) < 4.78 is 30.1. The minimum absolute atomic E-state index is 0.0271. The van der Waals surface area contributed by atoms with Crippen LogP contribution in [0.15, 0.2) is 47.4 Å². The molecule has 1 aliphatic heterocycles. The number of halogens is 3. The highest BCUT2D eigenvalue weighted by molar-refractivity contribution is 8.26. The standard InChI is InChI=1S/C22H19ClF2N2O3S2/c1-13-15(23)7-4-8-16(13)26-19(28)10-5-11-27-20(29)18(32-22(27)31)12-14-6-2-3-9-17(14)30-21(24)25/h2-4,6-9,12,21H,5,10-11H2,1H3,(H,26,28)/b18-12+. The number of ether oxygens (including phenoxy) is 1. The molecule has 1 saturated heterocycles. The number of thioether (sulfide) groups is 1. The van der Waals surface area contributed by atoms with Crippen LogP contribution in [0.4, 0.5) is 14.5 Å². The first-order valence-corrected chi connectivity index (χ1v) is 11.2. The highest BCUT2D eigenvalue weighted by atomic mass is 35.5. The Morgan fingerprint density at radius 2 is 2.03 bits per heavy atom. The zero-order valence-corrected chi connectivity index (χ0v) is 19.3. The second kappa shape index (κ2) is 10.9. The molecule has 1 heterocycles. The number of benzene rings is 2. The average molecular weight is 497 g/mol. The van der Waals surface area contributed by atoms with Crippen molar-refractivity contribution >= 4 is 63.5 Å². The van der Waals surface area contributed by atoms with Crippen molar-refractivity contribution in [1.82, 2.24) is 4.90 Å². The maximum absolute atomic E-state index is 12.7. The third-order valence-corrected chi connectivity index (χ3v) is 6.41. The van der Waals surface area contributed by atoms with Crippen molar-refractivity contribution in [2.75, 3.05) is 11.9 Å². The van der Waals surface area contributed by atoms with E-state index < -0.39 is 6.61 Å². The molecule has 0 bridgehead atoms. The Labute approximate surface area is 198 Å². The first-order valence-electron chi connectivity index (χ1n) is 9.60. The summed E-state index contributed by atoms with van der Waals surface area (Å²) in [5, 5.41) is 3.37. The van der Waals surface area contributed by atoms with E-state index in [1.165, 1.54) is 17.0 Å². The van der Waals surface area contributed by atoms with Crippen molar-refractivity contribution in [2.24, 2.45) is 0 Å². The Kier molecular flexibility index (Phi) is 8.22. The summed E-state index contributed by atoms with van der Waals surface area (Å²) in [7, 11) is 0. The van der Waals surface area contributed by atoms with Crippen LogP contribution in [-0.4, -0.2) is 34.2 Å². The molecule has 0 aromatic heterocycles. The molecule has 2 aromatic carbocycles. The van der Waals surface area contributed by atoms with E-state index in [2.05, 4.69) is 10.1 Å².